The van der Waals surface area contributed by atoms with Crippen molar-refractivity contribution in [3.63, 3.8) is 0 Å². The third kappa shape index (κ3) is 7.67. The molecule has 0 aromatic carbocycles. The van der Waals surface area contributed by atoms with Gasteiger partial charge in [-0.25, -0.2) is 8.42 Å². The Morgan fingerprint density at radius 1 is 1.06 bits per heavy atom. The quantitative estimate of drug-likeness (QED) is 0.518. The highest BCUT2D eigenvalue weighted by molar-refractivity contribution is 7.89. The van der Waals surface area contributed by atoms with Gasteiger partial charge < -0.3 is 15.2 Å². The van der Waals surface area contributed by atoms with E-state index < -0.39 is 10.0 Å². The molecule has 0 aliphatic heterocycles. The van der Waals surface area contributed by atoms with Crippen LogP contribution in [0, 0.1) is 0 Å². The van der Waals surface area contributed by atoms with Crippen LogP contribution in [0.1, 0.15) is 13.8 Å². The molecule has 0 rings (SSSR count). The highest BCUT2D eigenvalue weighted by Crippen LogP contribution is 2.01. The molecule has 0 radical (unpaired) electrons. The summed E-state index contributed by atoms with van der Waals surface area (Å²) in [7, 11) is -3.29. The molecule has 17 heavy (non-hydrogen) atoms. The molecule has 7 heteroatoms. The first-order valence-corrected chi connectivity index (χ1v) is 7.52. The van der Waals surface area contributed by atoms with Crippen LogP contribution in [0.3, 0.4) is 0 Å². The second kappa shape index (κ2) is 9.78. The molecule has 0 heterocycles. The van der Waals surface area contributed by atoms with E-state index in [4.69, 9.17) is 15.2 Å². The normalized spacial score (nSPS) is 12.2. The lowest BCUT2D eigenvalue weighted by Crippen LogP contribution is -2.39. The van der Waals surface area contributed by atoms with Crippen LogP contribution >= 0.6 is 0 Å². The van der Waals surface area contributed by atoms with Crippen molar-refractivity contribution in [3.05, 3.63) is 0 Å². The fraction of sp³-hybridized carbons (Fsp3) is 1.00. The Balaban J connectivity index is 4.27. The second-order valence-electron chi connectivity index (χ2n) is 3.40. The largest absolute Gasteiger partial charge is 0.380 e. The zero-order chi connectivity index (χ0) is 13.1. The zero-order valence-electron chi connectivity index (χ0n) is 10.7. The Kier molecular flexibility index (Phi) is 9.66. The Labute approximate surface area is 104 Å². The minimum atomic E-state index is -3.29. The predicted molar refractivity (Wildman–Crippen MR) is 67.4 cm³/mol. The summed E-state index contributed by atoms with van der Waals surface area (Å²) in [5, 5.41) is 0. The van der Waals surface area contributed by atoms with Gasteiger partial charge in [-0.05, 0) is 13.8 Å². The van der Waals surface area contributed by atoms with Crippen LogP contribution in [0.5, 0.6) is 0 Å². The second-order valence-corrected chi connectivity index (χ2v) is 5.49. The van der Waals surface area contributed by atoms with Crippen molar-refractivity contribution in [2.45, 2.75) is 13.8 Å². The Morgan fingerprint density at radius 2 is 1.53 bits per heavy atom. The molecule has 6 nitrogen and oxygen atoms in total. The van der Waals surface area contributed by atoms with Gasteiger partial charge in [0.25, 0.3) is 0 Å². The lowest BCUT2D eigenvalue weighted by molar-refractivity contribution is 0.110. The molecule has 104 valence electrons. The molecule has 0 fully saturated rings. The van der Waals surface area contributed by atoms with Gasteiger partial charge in [0, 0.05) is 32.8 Å². The van der Waals surface area contributed by atoms with Crippen molar-refractivity contribution in [2.75, 3.05) is 51.8 Å². The van der Waals surface area contributed by atoms with Gasteiger partial charge in [0.2, 0.25) is 10.0 Å². The van der Waals surface area contributed by atoms with Gasteiger partial charge >= 0.3 is 0 Å². The highest BCUT2D eigenvalue weighted by atomic mass is 32.2. The molecule has 0 aliphatic rings. The first-order chi connectivity index (χ1) is 8.08. The van der Waals surface area contributed by atoms with Gasteiger partial charge in [-0.2, -0.15) is 4.31 Å². The minimum absolute atomic E-state index is 0.0365. The van der Waals surface area contributed by atoms with Gasteiger partial charge in [0.1, 0.15) is 0 Å². The first-order valence-electron chi connectivity index (χ1n) is 5.91. The van der Waals surface area contributed by atoms with E-state index in [2.05, 4.69) is 0 Å². The van der Waals surface area contributed by atoms with Gasteiger partial charge in [0.15, 0.2) is 0 Å². The minimum Gasteiger partial charge on any atom is -0.380 e. The average molecular weight is 268 g/mol. The van der Waals surface area contributed by atoms with Crippen molar-refractivity contribution in [3.8, 4) is 0 Å². The molecule has 0 saturated heterocycles. The van der Waals surface area contributed by atoms with E-state index in [0.29, 0.717) is 39.5 Å². The van der Waals surface area contributed by atoms with E-state index in [0.717, 1.165) is 0 Å². The van der Waals surface area contributed by atoms with Crippen LogP contribution in [0.4, 0.5) is 0 Å². The molecule has 2 N–H and O–H groups in total. The molecular formula is C10H24N2O4S. The summed E-state index contributed by atoms with van der Waals surface area (Å²) >= 11 is 0. The van der Waals surface area contributed by atoms with E-state index in [-0.39, 0.29) is 12.3 Å². The summed E-state index contributed by atoms with van der Waals surface area (Å²) < 4.78 is 35.4. The number of hydrogen-bond donors (Lipinski definition) is 1. The summed E-state index contributed by atoms with van der Waals surface area (Å²) in [6.45, 7) is 6.53. The molecule has 0 aliphatic carbocycles. The molecule has 0 saturated carbocycles. The maximum Gasteiger partial charge on any atom is 0.215 e. The van der Waals surface area contributed by atoms with Crippen LogP contribution < -0.4 is 5.73 Å². The summed E-state index contributed by atoms with van der Waals surface area (Å²) in [5.41, 5.74) is 5.29. The summed E-state index contributed by atoms with van der Waals surface area (Å²) in [6.07, 6.45) is 0. The smallest absolute Gasteiger partial charge is 0.215 e. The van der Waals surface area contributed by atoms with Crippen molar-refractivity contribution in [1.29, 1.82) is 0 Å². The first kappa shape index (κ1) is 16.8. The van der Waals surface area contributed by atoms with Crippen LogP contribution in [-0.2, 0) is 19.5 Å². The lowest BCUT2D eigenvalue weighted by Gasteiger charge is -2.21. The monoisotopic (exact) mass is 268 g/mol. The molecule has 0 aromatic heterocycles. The number of rotatable bonds is 11. The topological polar surface area (TPSA) is 81.9 Å². The summed E-state index contributed by atoms with van der Waals surface area (Å²) in [5.74, 6) is -0.0365. The molecule has 0 bridgehead atoms. The van der Waals surface area contributed by atoms with E-state index in [1.165, 1.54) is 4.31 Å². The number of hydrogen-bond acceptors (Lipinski definition) is 5. The average Bonchev–Trinajstić information content (AvgIpc) is 2.27. The molecule has 0 unspecified atom stereocenters. The zero-order valence-corrected chi connectivity index (χ0v) is 11.5. The molecule has 0 aromatic rings. The van der Waals surface area contributed by atoms with E-state index in [1.54, 1.807) is 0 Å². The molecule has 0 amide bonds. The standard InChI is InChI=1S/C10H24N2O4S/c1-3-15-8-6-12(7-9-16-4-2)17(13,14)10-5-11/h3-11H2,1-2H3. The highest BCUT2D eigenvalue weighted by Gasteiger charge is 2.20. The summed E-state index contributed by atoms with van der Waals surface area (Å²) in [6, 6.07) is 0. The Bertz CT molecular complexity index is 259. The van der Waals surface area contributed by atoms with E-state index in [9.17, 15) is 8.42 Å². The number of nitrogens with zero attached hydrogens (tertiary/aromatic N) is 1. The maximum atomic E-state index is 11.9. The van der Waals surface area contributed by atoms with Crippen LogP contribution in [0.2, 0.25) is 0 Å². The predicted octanol–water partition coefficient (Wildman–Crippen LogP) is -0.350. The third-order valence-corrected chi connectivity index (χ3v) is 4.05. The van der Waals surface area contributed by atoms with Crippen LogP contribution in [-0.4, -0.2) is 64.5 Å². The van der Waals surface area contributed by atoms with E-state index in [1.807, 2.05) is 13.8 Å². The molecule has 0 spiro atoms. The Morgan fingerprint density at radius 3 is 1.88 bits per heavy atom. The molecular weight excluding hydrogens is 244 g/mol. The number of ether oxygens (including phenoxy) is 2. The lowest BCUT2D eigenvalue weighted by atomic mass is 10.6. The fourth-order valence-electron chi connectivity index (χ4n) is 1.29. The van der Waals surface area contributed by atoms with Crippen molar-refractivity contribution in [2.24, 2.45) is 5.73 Å². The van der Waals surface area contributed by atoms with Gasteiger partial charge in [-0.15, -0.1) is 0 Å². The van der Waals surface area contributed by atoms with Gasteiger partial charge in [-0.3, -0.25) is 0 Å². The Hall–Kier alpha value is -0.210. The van der Waals surface area contributed by atoms with Crippen LogP contribution in [0.15, 0.2) is 0 Å². The van der Waals surface area contributed by atoms with Gasteiger partial charge in [-0.1, -0.05) is 0 Å². The maximum absolute atomic E-state index is 11.9. The van der Waals surface area contributed by atoms with Gasteiger partial charge in [0.05, 0.1) is 19.0 Å². The summed E-state index contributed by atoms with van der Waals surface area (Å²) in [4.78, 5) is 0. The van der Waals surface area contributed by atoms with Crippen molar-refractivity contribution in [1.82, 2.24) is 4.31 Å². The van der Waals surface area contributed by atoms with Crippen LogP contribution in [0.25, 0.3) is 0 Å². The van der Waals surface area contributed by atoms with Crippen molar-refractivity contribution < 1.29 is 17.9 Å². The van der Waals surface area contributed by atoms with Crippen molar-refractivity contribution >= 4 is 10.0 Å². The SMILES string of the molecule is CCOCCN(CCOCC)S(=O)(=O)CCN. The number of sulfonamides is 1. The molecule has 0 atom stereocenters. The third-order valence-electron chi connectivity index (χ3n) is 2.15. The number of nitrogens with two attached hydrogens (primary N) is 1. The fourth-order valence-corrected chi connectivity index (χ4v) is 2.55. The van der Waals surface area contributed by atoms with E-state index >= 15 is 0 Å².